The zero-order valence-corrected chi connectivity index (χ0v) is 15.3. The number of fused-ring (bicyclic) bond motifs is 1. The molecule has 0 aliphatic carbocycles. The van der Waals surface area contributed by atoms with Crippen molar-refractivity contribution in [3.63, 3.8) is 0 Å². The number of aliphatic carboxylic acids is 1. The van der Waals surface area contributed by atoms with Gasteiger partial charge in [-0.05, 0) is 44.2 Å². The van der Waals surface area contributed by atoms with Gasteiger partial charge in [0, 0.05) is 30.4 Å². The zero-order valence-electron chi connectivity index (χ0n) is 15.3. The molecule has 0 atom stereocenters. The van der Waals surface area contributed by atoms with Crippen molar-refractivity contribution in [2.24, 2.45) is 0 Å². The van der Waals surface area contributed by atoms with Crippen molar-refractivity contribution in [3.8, 4) is 5.75 Å². The fourth-order valence-electron chi connectivity index (χ4n) is 2.66. The number of anilines is 1. The summed E-state index contributed by atoms with van der Waals surface area (Å²) in [4.78, 5) is 29.2. The van der Waals surface area contributed by atoms with Gasteiger partial charge in [0.15, 0.2) is 12.3 Å². The van der Waals surface area contributed by atoms with Gasteiger partial charge in [-0.3, -0.25) is 4.79 Å². The van der Waals surface area contributed by atoms with Crippen LogP contribution in [-0.2, 0) is 4.79 Å². The number of carbonyl (C=O) groups excluding carboxylic acids is 1. The van der Waals surface area contributed by atoms with Crippen molar-refractivity contribution >= 4 is 28.6 Å². The predicted octanol–water partition coefficient (Wildman–Crippen LogP) is 2.75. The molecular formula is C19H20N4O4. The third-order valence-corrected chi connectivity index (χ3v) is 4.06. The van der Waals surface area contributed by atoms with E-state index in [1.165, 1.54) is 4.90 Å². The van der Waals surface area contributed by atoms with Gasteiger partial charge < -0.3 is 14.7 Å². The number of nitrogens with zero attached hydrogens (tertiary/aromatic N) is 4. The van der Waals surface area contributed by atoms with Crippen molar-refractivity contribution in [2.75, 3.05) is 18.6 Å². The van der Waals surface area contributed by atoms with Gasteiger partial charge in [0.25, 0.3) is 5.91 Å². The highest BCUT2D eigenvalue weighted by Crippen LogP contribution is 2.22. The Morgan fingerprint density at radius 1 is 1.22 bits per heavy atom. The molecule has 1 aromatic carbocycles. The number of ether oxygens (including phenoxy) is 1. The maximum absolute atomic E-state index is 12.8. The molecule has 0 radical (unpaired) electrons. The molecule has 0 unspecified atom stereocenters. The molecule has 140 valence electrons. The normalized spacial score (nSPS) is 11.0. The third kappa shape index (κ3) is 3.89. The Labute approximate surface area is 156 Å². The first-order chi connectivity index (χ1) is 12.9. The SMILES string of the molecule is CC(C)n1ncc2cc(C(=O)N(C)c3ccc(OCC(=O)O)cc3)cnc21. The van der Waals surface area contributed by atoms with Crippen LogP contribution >= 0.6 is 0 Å². The monoisotopic (exact) mass is 368 g/mol. The number of pyridine rings is 1. The van der Waals surface area contributed by atoms with Crippen molar-refractivity contribution in [2.45, 2.75) is 19.9 Å². The summed E-state index contributed by atoms with van der Waals surface area (Å²) in [5.74, 6) is -0.831. The molecule has 27 heavy (non-hydrogen) atoms. The topological polar surface area (TPSA) is 97.6 Å². The number of carbonyl (C=O) groups is 2. The Bertz CT molecular complexity index is 979. The summed E-state index contributed by atoms with van der Waals surface area (Å²) < 4.78 is 6.90. The molecule has 0 spiro atoms. The Kier molecular flexibility index (Phi) is 5.07. The highest BCUT2D eigenvalue weighted by atomic mass is 16.5. The molecule has 0 saturated heterocycles. The highest BCUT2D eigenvalue weighted by Gasteiger charge is 2.16. The fraction of sp³-hybridized carbons (Fsp3) is 0.263. The van der Waals surface area contributed by atoms with Gasteiger partial charge in [0.2, 0.25) is 0 Å². The molecule has 0 fully saturated rings. The maximum Gasteiger partial charge on any atom is 0.341 e. The van der Waals surface area contributed by atoms with Crippen LogP contribution in [0, 0.1) is 0 Å². The fourth-order valence-corrected chi connectivity index (χ4v) is 2.66. The summed E-state index contributed by atoms with van der Waals surface area (Å²) in [6, 6.07) is 8.58. The van der Waals surface area contributed by atoms with Crippen LogP contribution in [0.5, 0.6) is 5.75 Å². The molecule has 0 aliphatic heterocycles. The van der Waals surface area contributed by atoms with Gasteiger partial charge in [0.05, 0.1) is 11.8 Å². The number of benzene rings is 1. The number of hydrogen-bond acceptors (Lipinski definition) is 5. The van der Waals surface area contributed by atoms with Gasteiger partial charge in [-0.25, -0.2) is 14.5 Å². The van der Waals surface area contributed by atoms with Crippen LogP contribution in [0.3, 0.4) is 0 Å². The molecule has 1 N–H and O–H groups in total. The molecular weight excluding hydrogens is 348 g/mol. The van der Waals surface area contributed by atoms with Gasteiger partial charge in [-0.2, -0.15) is 5.10 Å². The summed E-state index contributed by atoms with van der Waals surface area (Å²) in [7, 11) is 1.66. The van der Waals surface area contributed by atoms with E-state index in [4.69, 9.17) is 9.84 Å². The largest absolute Gasteiger partial charge is 0.482 e. The lowest BCUT2D eigenvalue weighted by Crippen LogP contribution is -2.26. The standard InChI is InChI=1S/C19H20N4O4/c1-12(2)23-18-13(10-21-23)8-14(9-20-18)19(26)22(3)15-4-6-16(7-5-15)27-11-17(24)25/h4-10,12H,11H2,1-3H3,(H,24,25). The Hall–Kier alpha value is -3.42. The van der Waals surface area contributed by atoms with Crippen LogP contribution in [0.15, 0.2) is 42.7 Å². The van der Waals surface area contributed by atoms with Crippen molar-refractivity contribution in [1.29, 1.82) is 0 Å². The molecule has 0 aliphatic rings. The van der Waals surface area contributed by atoms with E-state index in [1.807, 2.05) is 18.5 Å². The van der Waals surface area contributed by atoms with Crippen LogP contribution < -0.4 is 9.64 Å². The predicted molar refractivity (Wildman–Crippen MR) is 100 cm³/mol. The van der Waals surface area contributed by atoms with Gasteiger partial charge in [-0.1, -0.05) is 0 Å². The lowest BCUT2D eigenvalue weighted by Gasteiger charge is -2.18. The molecule has 8 heteroatoms. The number of carboxylic acid groups (broad SMARTS) is 1. The summed E-state index contributed by atoms with van der Waals surface area (Å²) in [6.45, 7) is 3.62. The molecule has 0 bridgehead atoms. The average Bonchev–Trinajstić information content (AvgIpc) is 3.09. The Morgan fingerprint density at radius 3 is 2.56 bits per heavy atom. The van der Waals surface area contributed by atoms with Gasteiger partial charge in [-0.15, -0.1) is 0 Å². The van der Waals surface area contributed by atoms with Crippen molar-refractivity contribution in [1.82, 2.24) is 14.8 Å². The average molecular weight is 368 g/mol. The molecule has 3 rings (SSSR count). The molecule has 0 saturated carbocycles. The molecule has 3 aromatic rings. The first kappa shape index (κ1) is 18.4. The number of amides is 1. The molecule has 8 nitrogen and oxygen atoms in total. The molecule has 2 aromatic heterocycles. The van der Waals surface area contributed by atoms with Crippen molar-refractivity contribution < 1.29 is 19.4 Å². The van der Waals surface area contributed by atoms with Crippen LogP contribution in [0.25, 0.3) is 11.0 Å². The van der Waals surface area contributed by atoms with E-state index in [0.29, 0.717) is 17.0 Å². The second-order valence-electron chi connectivity index (χ2n) is 6.36. The zero-order chi connectivity index (χ0) is 19.6. The summed E-state index contributed by atoms with van der Waals surface area (Å²) >= 11 is 0. The van der Waals surface area contributed by atoms with E-state index in [1.54, 1.807) is 49.8 Å². The van der Waals surface area contributed by atoms with Gasteiger partial charge in [0.1, 0.15) is 5.75 Å². The highest BCUT2D eigenvalue weighted by molar-refractivity contribution is 6.06. The number of aromatic nitrogens is 3. The minimum Gasteiger partial charge on any atom is -0.482 e. The van der Waals surface area contributed by atoms with E-state index >= 15 is 0 Å². The molecule has 1 amide bonds. The van der Waals surface area contributed by atoms with Gasteiger partial charge >= 0.3 is 5.97 Å². The first-order valence-corrected chi connectivity index (χ1v) is 8.43. The van der Waals surface area contributed by atoms with E-state index in [9.17, 15) is 9.59 Å². The maximum atomic E-state index is 12.8. The lowest BCUT2D eigenvalue weighted by atomic mass is 10.2. The lowest BCUT2D eigenvalue weighted by molar-refractivity contribution is -0.139. The van der Waals surface area contributed by atoms with Crippen LogP contribution in [-0.4, -0.2) is 45.4 Å². The van der Waals surface area contributed by atoms with E-state index in [-0.39, 0.29) is 11.9 Å². The summed E-state index contributed by atoms with van der Waals surface area (Å²) in [5, 5.41) is 13.8. The molecule has 2 heterocycles. The second kappa shape index (κ2) is 7.45. The quantitative estimate of drug-likeness (QED) is 0.718. The van der Waals surface area contributed by atoms with Crippen LogP contribution in [0.4, 0.5) is 5.69 Å². The summed E-state index contributed by atoms with van der Waals surface area (Å²) in [6.07, 6.45) is 3.25. The second-order valence-corrected chi connectivity index (χ2v) is 6.36. The third-order valence-electron chi connectivity index (χ3n) is 4.06. The minimum atomic E-state index is -1.05. The Morgan fingerprint density at radius 2 is 1.93 bits per heavy atom. The minimum absolute atomic E-state index is 0.182. The smallest absolute Gasteiger partial charge is 0.341 e. The Balaban J connectivity index is 1.78. The van der Waals surface area contributed by atoms with E-state index in [2.05, 4.69) is 10.1 Å². The van der Waals surface area contributed by atoms with Crippen molar-refractivity contribution in [3.05, 3.63) is 48.3 Å². The first-order valence-electron chi connectivity index (χ1n) is 8.43. The summed E-state index contributed by atoms with van der Waals surface area (Å²) in [5.41, 5.74) is 1.85. The van der Waals surface area contributed by atoms with E-state index in [0.717, 1.165) is 11.0 Å². The van der Waals surface area contributed by atoms with Crippen LogP contribution in [0.2, 0.25) is 0 Å². The van der Waals surface area contributed by atoms with Crippen LogP contribution in [0.1, 0.15) is 30.2 Å². The van der Waals surface area contributed by atoms with E-state index < -0.39 is 12.6 Å². The number of rotatable bonds is 6. The number of carboxylic acids is 1. The number of hydrogen-bond donors (Lipinski definition) is 1.